The van der Waals surface area contributed by atoms with Crippen molar-refractivity contribution in [3.63, 3.8) is 0 Å². The van der Waals surface area contributed by atoms with Crippen LogP contribution in [0.1, 0.15) is 35.6 Å². The maximum Gasteiger partial charge on any atom is 0.421 e. The van der Waals surface area contributed by atoms with Crippen molar-refractivity contribution in [2.45, 2.75) is 37.9 Å². The van der Waals surface area contributed by atoms with Crippen LogP contribution in [0.3, 0.4) is 0 Å². The molecule has 1 aliphatic carbocycles. The highest BCUT2D eigenvalue weighted by Gasteiger charge is 2.37. The molecule has 1 saturated carbocycles. The molecule has 1 heterocycles. The number of nitriles is 1. The molecule has 0 saturated heterocycles. The third-order valence-electron chi connectivity index (χ3n) is 4.11. The van der Waals surface area contributed by atoms with E-state index >= 15 is 0 Å². The number of rotatable bonds is 5. The number of nitrogens with zero attached hydrogens (tertiary/aromatic N) is 3. The summed E-state index contributed by atoms with van der Waals surface area (Å²) in [5.74, 6) is -0.771. The Balaban J connectivity index is 1.80. The predicted molar refractivity (Wildman–Crippen MR) is 89.9 cm³/mol. The van der Waals surface area contributed by atoms with Crippen molar-refractivity contribution in [1.29, 1.82) is 5.26 Å². The lowest BCUT2D eigenvalue weighted by molar-refractivity contribution is -0.139. The van der Waals surface area contributed by atoms with Crippen LogP contribution in [0, 0.1) is 11.3 Å². The van der Waals surface area contributed by atoms with Gasteiger partial charge in [0, 0.05) is 11.6 Å². The van der Waals surface area contributed by atoms with Crippen molar-refractivity contribution in [2.75, 3.05) is 5.32 Å². The van der Waals surface area contributed by atoms with Crippen LogP contribution in [0.5, 0.6) is 0 Å². The van der Waals surface area contributed by atoms with Crippen LogP contribution in [0.4, 0.5) is 18.9 Å². The van der Waals surface area contributed by atoms with Crippen LogP contribution in [0.15, 0.2) is 35.1 Å². The normalized spacial score (nSPS) is 13.9. The molecule has 0 unspecified atom stereocenters. The molecule has 0 spiro atoms. The van der Waals surface area contributed by atoms with E-state index in [4.69, 9.17) is 5.26 Å². The first-order valence-corrected chi connectivity index (χ1v) is 8.23. The molecule has 9 heteroatoms. The summed E-state index contributed by atoms with van der Waals surface area (Å²) in [6.45, 7) is -0.623. The van der Waals surface area contributed by atoms with Gasteiger partial charge in [0.2, 0.25) is 5.91 Å². The molecule has 2 aromatic rings. The van der Waals surface area contributed by atoms with Gasteiger partial charge in [-0.2, -0.15) is 23.5 Å². The Labute approximate surface area is 152 Å². The predicted octanol–water partition coefficient (Wildman–Crippen LogP) is 2.84. The first kappa shape index (κ1) is 18.6. The molecule has 0 atom stereocenters. The Bertz CT molecular complexity index is 955. The highest BCUT2D eigenvalue weighted by Crippen LogP contribution is 2.40. The maximum absolute atomic E-state index is 13.1. The van der Waals surface area contributed by atoms with Crippen LogP contribution in [-0.2, 0) is 23.9 Å². The number of carbonyl (C=O) groups excluding carboxylic acids is 1. The van der Waals surface area contributed by atoms with Crippen LogP contribution in [0.25, 0.3) is 0 Å². The van der Waals surface area contributed by atoms with Gasteiger partial charge in [-0.05, 0) is 36.6 Å². The van der Waals surface area contributed by atoms with Crippen molar-refractivity contribution >= 4 is 11.6 Å². The number of amides is 1. The SMILES string of the molecule is N#CCc1ccc(NC(=O)Cn2nc(C3CC3)cc(C(F)(F)F)c2=O)cc1. The van der Waals surface area contributed by atoms with E-state index in [9.17, 15) is 22.8 Å². The van der Waals surface area contributed by atoms with E-state index in [1.165, 1.54) is 0 Å². The number of carbonyl (C=O) groups is 1. The molecule has 27 heavy (non-hydrogen) atoms. The first-order chi connectivity index (χ1) is 12.8. The summed E-state index contributed by atoms with van der Waals surface area (Å²) in [6.07, 6.45) is -3.16. The number of alkyl halides is 3. The van der Waals surface area contributed by atoms with Crippen LogP contribution in [0.2, 0.25) is 0 Å². The van der Waals surface area contributed by atoms with E-state index < -0.39 is 29.8 Å². The largest absolute Gasteiger partial charge is 0.421 e. The van der Waals surface area contributed by atoms with E-state index in [1.54, 1.807) is 24.3 Å². The zero-order chi connectivity index (χ0) is 19.6. The topological polar surface area (TPSA) is 87.8 Å². The molecule has 0 bridgehead atoms. The van der Waals surface area contributed by atoms with E-state index in [2.05, 4.69) is 10.4 Å². The second-order valence-electron chi connectivity index (χ2n) is 6.30. The molecule has 1 aromatic carbocycles. The lowest BCUT2D eigenvalue weighted by Crippen LogP contribution is -2.35. The standard InChI is InChI=1S/C18H15F3N4O2/c19-18(20,21)14-9-15(12-3-4-12)24-25(17(14)27)10-16(26)23-13-5-1-11(2-6-13)7-8-22/h1-2,5-6,9,12H,3-4,7,10H2,(H,23,26). The fourth-order valence-corrected chi connectivity index (χ4v) is 2.58. The van der Waals surface area contributed by atoms with Gasteiger partial charge in [-0.15, -0.1) is 0 Å². The molecule has 0 radical (unpaired) electrons. The van der Waals surface area contributed by atoms with Crippen LogP contribution in [-0.4, -0.2) is 15.7 Å². The molecule has 1 aliphatic rings. The molecule has 1 amide bonds. The zero-order valence-corrected chi connectivity index (χ0v) is 14.1. The van der Waals surface area contributed by atoms with Crippen molar-refractivity contribution in [3.8, 4) is 6.07 Å². The Morgan fingerprint density at radius 2 is 1.96 bits per heavy atom. The lowest BCUT2D eigenvalue weighted by Gasteiger charge is -2.12. The van der Waals surface area contributed by atoms with Gasteiger partial charge >= 0.3 is 6.18 Å². The fraction of sp³-hybridized carbons (Fsp3) is 0.333. The third kappa shape index (κ3) is 4.53. The number of hydrogen-bond acceptors (Lipinski definition) is 4. The zero-order valence-electron chi connectivity index (χ0n) is 14.1. The van der Waals surface area contributed by atoms with Crippen molar-refractivity contribution < 1.29 is 18.0 Å². The smallest absolute Gasteiger partial charge is 0.324 e. The van der Waals surface area contributed by atoms with Gasteiger partial charge in [0.1, 0.15) is 12.1 Å². The lowest BCUT2D eigenvalue weighted by atomic mass is 10.1. The molecular weight excluding hydrogens is 361 g/mol. The number of hydrogen-bond donors (Lipinski definition) is 1. The molecular formula is C18H15F3N4O2. The molecule has 140 valence electrons. The van der Waals surface area contributed by atoms with Crippen molar-refractivity contribution in [1.82, 2.24) is 9.78 Å². The number of benzene rings is 1. The number of halogens is 3. The van der Waals surface area contributed by atoms with Gasteiger partial charge in [-0.25, -0.2) is 4.68 Å². The number of nitrogens with one attached hydrogen (secondary N) is 1. The van der Waals surface area contributed by atoms with Gasteiger partial charge in [-0.1, -0.05) is 12.1 Å². The summed E-state index contributed by atoms with van der Waals surface area (Å²) < 4.78 is 39.9. The van der Waals surface area contributed by atoms with Gasteiger partial charge in [-0.3, -0.25) is 9.59 Å². The average molecular weight is 376 g/mol. The molecule has 3 rings (SSSR count). The van der Waals surface area contributed by atoms with Gasteiger partial charge < -0.3 is 5.32 Å². The van der Waals surface area contributed by atoms with Crippen molar-refractivity contribution in [3.05, 3.63) is 57.5 Å². The Hall–Kier alpha value is -3.15. The summed E-state index contributed by atoms with van der Waals surface area (Å²) in [4.78, 5) is 24.2. The Morgan fingerprint density at radius 3 is 2.52 bits per heavy atom. The van der Waals surface area contributed by atoms with E-state index in [0.717, 1.165) is 11.6 Å². The minimum atomic E-state index is -4.81. The number of anilines is 1. The van der Waals surface area contributed by atoms with E-state index in [1.807, 2.05) is 6.07 Å². The van der Waals surface area contributed by atoms with Crippen LogP contribution >= 0.6 is 0 Å². The maximum atomic E-state index is 13.1. The summed E-state index contributed by atoms with van der Waals surface area (Å²) in [5.41, 5.74) is -1.31. The summed E-state index contributed by atoms with van der Waals surface area (Å²) in [7, 11) is 0. The van der Waals surface area contributed by atoms with Crippen LogP contribution < -0.4 is 10.9 Å². The summed E-state index contributed by atoms with van der Waals surface area (Å²) in [6, 6.07) is 9.22. The third-order valence-corrected chi connectivity index (χ3v) is 4.11. The molecule has 0 aliphatic heterocycles. The number of aromatic nitrogens is 2. The average Bonchev–Trinajstić information content (AvgIpc) is 3.42. The van der Waals surface area contributed by atoms with Gasteiger partial charge in [0.25, 0.3) is 5.56 Å². The quantitative estimate of drug-likeness (QED) is 0.869. The van der Waals surface area contributed by atoms with Crippen molar-refractivity contribution in [2.24, 2.45) is 0 Å². The molecule has 1 fully saturated rings. The molecule has 6 nitrogen and oxygen atoms in total. The fourth-order valence-electron chi connectivity index (χ4n) is 2.58. The highest BCUT2D eigenvalue weighted by molar-refractivity contribution is 5.90. The highest BCUT2D eigenvalue weighted by atomic mass is 19.4. The summed E-state index contributed by atoms with van der Waals surface area (Å²) >= 11 is 0. The van der Waals surface area contributed by atoms with Gasteiger partial charge in [0.15, 0.2) is 0 Å². The second-order valence-corrected chi connectivity index (χ2v) is 6.30. The molecule has 1 N–H and O–H groups in total. The van der Waals surface area contributed by atoms with E-state index in [-0.39, 0.29) is 18.0 Å². The van der Waals surface area contributed by atoms with E-state index in [0.29, 0.717) is 23.2 Å². The monoisotopic (exact) mass is 376 g/mol. The minimum Gasteiger partial charge on any atom is -0.324 e. The Kier molecular flexibility index (Phi) is 4.99. The summed E-state index contributed by atoms with van der Waals surface area (Å²) in [5, 5.41) is 15.1. The molecule has 1 aromatic heterocycles. The Morgan fingerprint density at radius 1 is 1.30 bits per heavy atom. The van der Waals surface area contributed by atoms with Gasteiger partial charge in [0.05, 0.1) is 18.2 Å². The minimum absolute atomic E-state index is 0.103. The second kappa shape index (κ2) is 7.23. The first-order valence-electron chi connectivity index (χ1n) is 8.23.